The number of ether oxygens (including phenoxy) is 3. The molecule has 15 heteroatoms. The summed E-state index contributed by atoms with van der Waals surface area (Å²) >= 11 is 0. The number of nitrogens with zero attached hydrogens (tertiary/aromatic N) is 4. The van der Waals surface area contributed by atoms with Gasteiger partial charge in [-0.25, -0.2) is 24.3 Å². The molecule has 6 rings (SSSR count). The van der Waals surface area contributed by atoms with Gasteiger partial charge in [-0.3, -0.25) is 14.4 Å². The van der Waals surface area contributed by atoms with Crippen LogP contribution in [0.3, 0.4) is 0 Å². The number of hydrogen-bond donors (Lipinski definition) is 4. The molecule has 2 saturated heterocycles. The second-order valence-electron chi connectivity index (χ2n) is 9.18. The quantitative estimate of drug-likeness (QED) is 0.225. The number of benzene rings is 2. The van der Waals surface area contributed by atoms with Gasteiger partial charge in [-0.1, -0.05) is 54.6 Å². The summed E-state index contributed by atoms with van der Waals surface area (Å²) in [5.41, 5.74) is 2.18. The molecular formula is C26H25N6O8P. The molecule has 2 aliphatic heterocycles. The fourth-order valence-electron chi connectivity index (χ4n) is 4.65. The summed E-state index contributed by atoms with van der Waals surface area (Å²) in [5, 5.41) is 5.40. The first-order valence-corrected chi connectivity index (χ1v) is 14.1. The lowest BCUT2D eigenvalue weighted by atomic mass is 10.1. The zero-order valence-corrected chi connectivity index (χ0v) is 22.2. The third kappa shape index (κ3) is 6.19. The minimum Gasteiger partial charge on any atom is -0.347 e. The maximum absolute atomic E-state index is 12.6. The minimum atomic E-state index is -4.76. The number of hydrogen-bond acceptors (Lipinski definition) is 9. The number of phosphoric acid groups is 1. The molecule has 5 atom stereocenters. The monoisotopic (exact) mass is 580 g/mol. The van der Waals surface area contributed by atoms with Crippen molar-refractivity contribution in [1.82, 2.24) is 19.5 Å². The van der Waals surface area contributed by atoms with E-state index < -0.39 is 51.3 Å². The third-order valence-corrected chi connectivity index (χ3v) is 6.90. The molecule has 0 saturated carbocycles. The van der Waals surface area contributed by atoms with Crippen molar-refractivity contribution in [3.05, 3.63) is 85.0 Å². The van der Waals surface area contributed by atoms with Crippen LogP contribution in [0.15, 0.2) is 79.4 Å². The van der Waals surface area contributed by atoms with Crippen LogP contribution in [0.4, 0.5) is 16.3 Å². The molecule has 0 bridgehead atoms. The first-order chi connectivity index (χ1) is 19.8. The smallest absolute Gasteiger partial charge is 0.347 e. The van der Waals surface area contributed by atoms with Crippen molar-refractivity contribution in [2.75, 3.05) is 17.2 Å². The average molecular weight is 580 g/mol. The molecule has 41 heavy (non-hydrogen) atoms. The van der Waals surface area contributed by atoms with Crippen molar-refractivity contribution in [1.29, 1.82) is 0 Å². The van der Waals surface area contributed by atoms with Crippen molar-refractivity contribution in [3.63, 3.8) is 0 Å². The lowest BCUT2D eigenvalue weighted by Crippen LogP contribution is -2.31. The second-order valence-corrected chi connectivity index (χ2v) is 10.4. The van der Waals surface area contributed by atoms with Gasteiger partial charge in [-0.15, -0.1) is 0 Å². The summed E-state index contributed by atoms with van der Waals surface area (Å²) in [5.74, 6) is 0.172. The Morgan fingerprint density at radius 2 is 1.71 bits per heavy atom. The predicted molar refractivity (Wildman–Crippen MR) is 145 cm³/mol. The van der Waals surface area contributed by atoms with E-state index >= 15 is 0 Å². The van der Waals surface area contributed by atoms with Crippen molar-refractivity contribution in [2.45, 2.75) is 30.8 Å². The SMILES string of the molecule is O=C(Nc1ccccc1)Nc1ncnc2c1ncn2[C@@H]1O[C@H](COP(=O)(O)O)[C@@H]2OC(/C=C/c3ccccc3)OC21. The third-order valence-electron chi connectivity index (χ3n) is 6.42. The molecule has 2 unspecified atom stereocenters. The number of imidazole rings is 1. The number of amides is 2. The molecule has 4 heterocycles. The number of urea groups is 1. The van der Waals surface area contributed by atoms with Crippen molar-refractivity contribution in [3.8, 4) is 0 Å². The van der Waals surface area contributed by atoms with E-state index in [1.54, 1.807) is 34.9 Å². The van der Waals surface area contributed by atoms with E-state index in [0.29, 0.717) is 16.9 Å². The van der Waals surface area contributed by atoms with Gasteiger partial charge >= 0.3 is 13.9 Å². The molecule has 0 aliphatic carbocycles. The molecule has 14 nitrogen and oxygen atoms in total. The Labute approximate surface area is 233 Å². The number of anilines is 2. The molecule has 0 radical (unpaired) electrons. The highest BCUT2D eigenvalue weighted by molar-refractivity contribution is 7.46. The highest BCUT2D eigenvalue weighted by atomic mass is 31.2. The first kappa shape index (κ1) is 27.2. The summed E-state index contributed by atoms with van der Waals surface area (Å²) in [6, 6.07) is 18.0. The van der Waals surface area contributed by atoms with Gasteiger partial charge in [0.25, 0.3) is 0 Å². The number of carbonyl (C=O) groups is 1. The molecule has 2 fully saturated rings. The Kier molecular flexibility index (Phi) is 7.60. The maximum Gasteiger partial charge on any atom is 0.469 e. The Bertz CT molecular complexity index is 1600. The van der Waals surface area contributed by atoms with Crippen LogP contribution in [0.1, 0.15) is 11.8 Å². The average Bonchev–Trinajstić information content (AvgIpc) is 3.66. The van der Waals surface area contributed by atoms with Crippen LogP contribution >= 0.6 is 7.82 Å². The number of nitrogens with one attached hydrogen (secondary N) is 2. The van der Waals surface area contributed by atoms with Gasteiger partial charge in [0.2, 0.25) is 0 Å². The van der Waals surface area contributed by atoms with Crippen LogP contribution in [0.25, 0.3) is 17.2 Å². The van der Waals surface area contributed by atoms with Crippen LogP contribution in [0.5, 0.6) is 0 Å². The van der Waals surface area contributed by atoms with Crippen LogP contribution in [0.2, 0.25) is 0 Å². The maximum atomic E-state index is 12.6. The highest BCUT2D eigenvalue weighted by Crippen LogP contribution is 2.43. The number of para-hydroxylation sites is 1. The lowest BCUT2D eigenvalue weighted by Gasteiger charge is -2.20. The molecule has 4 aromatic rings. The van der Waals surface area contributed by atoms with Gasteiger partial charge < -0.3 is 29.3 Å². The molecule has 212 valence electrons. The molecule has 0 spiro atoms. The van der Waals surface area contributed by atoms with Crippen LogP contribution in [-0.4, -0.2) is 66.5 Å². The Balaban J connectivity index is 1.24. The summed E-state index contributed by atoms with van der Waals surface area (Å²) in [4.78, 5) is 43.9. The molecule has 4 N–H and O–H groups in total. The van der Waals surface area contributed by atoms with Gasteiger partial charge in [-0.05, 0) is 23.8 Å². The summed E-state index contributed by atoms with van der Waals surface area (Å²) in [6.07, 6.45) is 2.45. The Hall–Kier alpha value is -4.01. The van der Waals surface area contributed by atoms with E-state index in [-0.39, 0.29) is 5.82 Å². The van der Waals surface area contributed by atoms with Crippen LogP contribution in [-0.2, 0) is 23.3 Å². The van der Waals surface area contributed by atoms with E-state index in [1.165, 1.54) is 12.7 Å². The number of fused-ring (bicyclic) bond motifs is 2. The van der Waals surface area contributed by atoms with Crippen molar-refractivity contribution >= 4 is 42.6 Å². The fraction of sp³-hybridized carbons (Fsp3) is 0.231. The predicted octanol–water partition coefficient (Wildman–Crippen LogP) is 3.30. The minimum absolute atomic E-state index is 0.172. The van der Waals surface area contributed by atoms with Gasteiger partial charge in [0.05, 0.1) is 12.9 Å². The van der Waals surface area contributed by atoms with E-state index in [9.17, 15) is 19.1 Å². The summed E-state index contributed by atoms with van der Waals surface area (Å²) < 4.78 is 36.0. The molecule has 2 amide bonds. The van der Waals surface area contributed by atoms with Crippen molar-refractivity contribution < 1.29 is 37.9 Å². The van der Waals surface area contributed by atoms with Gasteiger partial charge in [-0.2, -0.15) is 0 Å². The Morgan fingerprint density at radius 3 is 2.46 bits per heavy atom. The van der Waals surface area contributed by atoms with E-state index in [0.717, 1.165) is 5.56 Å². The topological polar surface area (TPSA) is 179 Å². The number of aromatic nitrogens is 4. The van der Waals surface area contributed by atoms with Gasteiger partial charge in [0, 0.05) is 5.69 Å². The lowest BCUT2D eigenvalue weighted by molar-refractivity contribution is -0.132. The van der Waals surface area contributed by atoms with Crippen LogP contribution in [0, 0.1) is 0 Å². The highest BCUT2D eigenvalue weighted by Gasteiger charge is 2.53. The number of rotatable bonds is 8. The number of carbonyl (C=O) groups excluding carboxylic acids is 1. The molecule has 2 aromatic carbocycles. The number of phosphoric ester groups is 1. The molecular weight excluding hydrogens is 555 g/mol. The van der Waals surface area contributed by atoms with E-state index in [4.69, 9.17) is 18.7 Å². The van der Waals surface area contributed by atoms with E-state index in [2.05, 4.69) is 25.6 Å². The zero-order chi connectivity index (χ0) is 28.4. The first-order valence-electron chi connectivity index (χ1n) is 12.5. The van der Waals surface area contributed by atoms with Crippen LogP contribution < -0.4 is 10.6 Å². The summed E-state index contributed by atoms with van der Waals surface area (Å²) in [7, 11) is -4.76. The second kappa shape index (κ2) is 11.5. The standard InChI is InChI=1S/C26H25N6O8P/c33-26(30-17-9-5-2-6-10-17)31-23-20-24(28-14-27-23)32(15-29-20)25-22-21(18(38-25)13-37-41(34,35)36)39-19(40-22)12-11-16-7-3-1-4-8-16/h1-12,14-15,18-19,21-22,25H,13H2,(H2,34,35,36)(H2,27,28,30,31,33)/b12-11+/t18-,19?,21+,22?,25-/m1/s1. The Morgan fingerprint density at radius 1 is 0.976 bits per heavy atom. The largest absolute Gasteiger partial charge is 0.469 e. The zero-order valence-electron chi connectivity index (χ0n) is 21.3. The fourth-order valence-corrected chi connectivity index (χ4v) is 4.99. The van der Waals surface area contributed by atoms with Gasteiger partial charge in [0.15, 0.2) is 29.5 Å². The normalized spacial score (nSPS) is 24.1. The summed E-state index contributed by atoms with van der Waals surface area (Å²) in [6.45, 7) is -0.436. The van der Waals surface area contributed by atoms with Crippen molar-refractivity contribution in [2.24, 2.45) is 0 Å². The van der Waals surface area contributed by atoms with Gasteiger partial charge in [0.1, 0.15) is 24.6 Å². The van der Waals surface area contributed by atoms with E-state index in [1.807, 2.05) is 42.5 Å². The molecule has 2 aliphatic rings. The molecule has 2 aromatic heterocycles.